The summed E-state index contributed by atoms with van der Waals surface area (Å²) >= 11 is 11.7. The highest BCUT2D eigenvalue weighted by atomic mass is 35.5. The molecule has 0 radical (unpaired) electrons. The van der Waals surface area contributed by atoms with Gasteiger partial charge in [0.15, 0.2) is 5.15 Å². The SMILES string of the molecule is Cc1cc(Cl)nc(Cl)c1NC(=O)CC1CCCO1. The second-order valence-corrected chi connectivity index (χ2v) is 5.06. The van der Waals surface area contributed by atoms with Crippen LogP contribution in [0.4, 0.5) is 5.69 Å². The highest BCUT2D eigenvalue weighted by Crippen LogP contribution is 2.27. The van der Waals surface area contributed by atoms with Crippen molar-refractivity contribution in [3.63, 3.8) is 0 Å². The number of amides is 1. The molecular formula is C12H14Cl2N2O2. The maximum absolute atomic E-state index is 11.8. The number of pyridine rings is 1. The molecule has 0 aromatic carbocycles. The summed E-state index contributed by atoms with van der Waals surface area (Å²) in [6.45, 7) is 2.56. The van der Waals surface area contributed by atoms with Gasteiger partial charge in [0, 0.05) is 6.61 Å². The highest BCUT2D eigenvalue weighted by molar-refractivity contribution is 6.34. The summed E-state index contributed by atoms with van der Waals surface area (Å²) in [5, 5.41) is 3.28. The van der Waals surface area contributed by atoms with Crippen molar-refractivity contribution in [2.24, 2.45) is 0 Å². The molecule has 2 rings (SSSR count). The van der Waals surface area contributed by atoms with Crippen LogP contribution in [0, 0.1) is 6.92 Å². The molecule has 4 nitrogen and oxygen atoms in total. The molecule has 6 heteroatoms. The highest BCUT2D eigenvalue weighted by Gasteiger charge is 2.20. The van der Waals surface area contributed by atoms with Crippen molar-refractivity contribution < 1.29 is 9.53 Å². The predicted molar refractivity (Wildman–Crippen MR) is 71.2 cm³/mol. The fourth-order valence-electron chi connectivity index (χ4n) is 1.95. The first kappa shape index (κ1) is 13.6. The van der Waals surface area contributed by atoms with Crippen molar-refractivity contribution in [1.82, 2.24) is 4.98 Å². The molecule has 1 atom stereocenters. The molecule has 1 aromatic heterocycles. The Bertz CT molecular complexity index is 436. The lowest BCUT2D eigenvalue weighted by atomic mass is 10.1. The van der Waals surface area contributed by atoms with Crippen LogP contribution < -0.4 is 5.32 Å². The molecule has 0 aliphatic carbocycles. The zero-order chi connectivity index (χ0) is 13.1. The summed E-state index contributed by atoms with van der Waals surface area (Å²) in [4.78, 5) is 15.8. The van der Waals surface area contributed by atoms with Crippen LogP contribution >= 0.6 is 23.2 Å². The number of nitrogens with one attached hydrogen (secondary N) is 1. The van der Waals surface area contributed by atoms with E-state index in [0.717, 1.165) is 25.0 Å². The molecule has 18 heavy (non-hydrogen) atoms. The number of carbonyl (C=O) groups is 1. The van der Waals surface area contributed by atoms with Crippen molar-refractivity contribution in [2.45, 2.75) is 32.3 Å². The minimum absolute atomic E-state index is 0.0179. The molecule has 0 bridgehead atoms. The van der Waals surface area contributed by atoms with Crippen LogP contribution in [0.5, 0.6) is 0 Å². The van der Waals surface area contributed by atoms with Gasteiger partial charge in [0.25, 0.3) is 0 Å². The van der Waals surface area contributed by atoms with Crippen LogP contribution in [0.1, 0.15) is 24.8 Å². The van der Waals surface area contributed by atoms with Gasteiger partial charge in [0.1, 0.15) is 5.15 Å². The Balaban J connectivity index is 2.02. The first-order valence-corrected chi connectivity index (χ1v) is 6.56. The number of halogens is 2. The number of hydrogen-bond donors (Lipinski definition) is 1. The molecule has 98 valence electrons. The third-order valence-corrected chi connectivity index (χ3v) is 3.31. The number of aryl methyl sites for hydroxylation is 1. The minimum atomic E-state index is -0.115. The van der Waals surface area contributed by atoms with E-state index in [9.17, 15) is 4.79 Å². The number of aromatic nitrogens is 1. The standard InChI is InChI=1S/C12H14Cl2N2O2/c1-7-5-9(13)15-12(14)11(7)16-10(17)6-8-3-2-4-18-8/h5,8H,2-4,6H2,1H3,(H,16,17). The number of ether oxygens (including phenoxy) is 1. The number of rotatable bonds is 3. The molecule has 1 fully saturated rings. The fraction of sp³-hybridized carbons (Fsp3) is 0.500. The summed E-state index contributed by atoms with van der Waals surface area (Å²) in [7, 11) is 0. The zero-order valence-electron chi connectivity index (χ0n) is 10.0. The van der Waals surface area contributed by atoms with E-state index in [0.29, 0.717) is 17.3 Å². The molecule has 1 unspecified atom stereocenters. The van der Waals surface area contributed by atoms with E-state index < -0.39 is 0 Å². The average Bonchev–Trinajstić information content (AvgIpc) is 2.76. The second kappa shape index (κ2) is 5.87. The van der Waals surface area contributed by atoms with Crippen LogP contribution in [0.25, 0.3) is 0 Å². The summed E-state index contributed by atoms with van der Waals surface area (Å²) in [6, 6.07) is 1.66. The van der Waals surface area contributed by atoms with Crippen molar-refractivity contribution >= 4 is 34.8 Å². The van der Waals surface area contributed by atoms with Crippen LogP contribution in [-0.4, -0.2) is 23.6 Å². The zero-order valence-corrected chi connectivity index (χ0v) is 11.5. The number of anilines is 1. The maximum Gasteiger partial charge on any atom is 0.227 e. The maximum atomic E-state index is 11.8. The second-order valence-electron chi connectivity index (χ2n) is 4.32. The van der Waals surface area contributed by atoms with Crippen LogP contribution in [0.3, 0.4) is 0 Å². The van der Waals surface area contributed by atoms with Gasteiger partial charge in [-0.25, -0.2) is 4.98 Å². The van der Waals surface area contributed by atoms with E-state index in [1.807, 2.05) is 6.92 Å². The molecular weight excluding hydrogens is 275 g/mol. The van der Waals surface area contributed by atoms with E-state index in [1.165, 1.54) is 0 Å². The van der Waals surface area contributed by atoms with E-state index in [4.69, 9.17) is 27.9 Å². The fourth-order valence-corrected chi connectivity index (χ4v) is 2.53. The Labute approximate surface area is 116 Å². The number of hydrogen-bond acceptors (Lipinski definition) is 3. The van der Waals surface area contributed by atoms with Crippen molar-refractivity contribution in [3.8, 4) is 0 Å². The molecule has 1 aliphatic heterocycles. The summed E-state index contributed by atoms with van der Waals surface area (Å²) in [5.41, 5.74) is 1.31. The van der Waals surface area contributed by atoms with Crippen molar-refractivity contribution in [3.05, 3.63) is 21.9 Å². The number of nitrogens with zero attached hydrogens (tertiary/aromatic N) is 1. The minimum Gasteiger partial charge on any atom is -0.378 e. The van der Waals surface area contributed by atoms with E-state index in [1.54, 1.807) is 6.07 Å². The monoisotopic (exact) mass is 288 g/mol. The summed E-state index contributed by atoms with van der Waals surface area (Å²) in [6.07, 6.45) is 2.31. The molecule has 1 N–H and O–H groups in total. The van der Waals surface area contributed by atoms with Gasteiger partial charge in [-0.05, 0) is 31.4 Å². The largest absolute Gasteiger partial charge is 0.378 e. The normalized spacial score (nSPS) is 18.9. The molecule has 1 aromatic rings. The van der Waals surface area contributed by atoms with Crippen LogP contribution in [-0.2, 0) is 9.53 Å². The van der Waals surface area contributed by atoms with E-state index in [-0.39, 0.29) is 17.2 Å². The van der Waals surface area contributed by atoms with Crippen LogP contribution in [0.15, 0.2) is 6.07 Å². The molecule has 1 aliphatic rings. The van der Waals surface area contributed by atoms with Crippen molar-refractivity contribution in [1.29, 1.82) is 0 Å². The molecule has 0 spiro atoms. The summed E-state index contributed by atoms with van der Waals surface area (Å²) in [5.74, 6) is -0.115. The Morgan fingerprint density at radius 1 is 1.61 bits per heavy atom. The van der Waals surface area contributed by atoms with Gasteiger partial charge >= 0.3 is 0 Å². The van der Waals surface area contributed by atoms with Gasteiger partial charge < -0.3 is 10.1 Å². The van der Waals surface area contributed by atoms with Gasteiger partial charge in [-0.2, -0.15) is 0 Å². The number of carbonyl (C=O) groups excluding carboxylic acids is 1. The third-order valence-electron chi connectivity index (χ3n) is 2.84. The predicted octanol–water partition coefficient (Wildman–Crippen LogP) is 3.20. The topological polar surface area (TPSA) is 51.2 Å². The Kier molecular flexibility index (Phi) is 4.43. The lowest BCUT2D eigenvalue weighted by molar-refractivity contribution is -0.118. The van der Waals surface area contributed by atoms with Gasteiger partial charge in [-0.15, -0.1) is 0 Å². The van der Waals surface area contributed by atoms with E-state index in [2.05, 4.69) is 10.3 Å². The van der Waals surface area contributed by atoms with E-state index >= 15 is 0 Å². The quantitative estimate of drug-likeness (QED) is 0.869. The molecule has 0 saturated carbocycles. The third kappa shape index (κ3) is 3.34. The summed E-state index contributed by atoms with van der Waals surface area (Å²) < 4.78 is 5.41. The smallest absolute Gasteiger partial charge is 0.227 e. The van der Waals surface area contributed by atoms with Gasteiger partial charge in [0.05, 0.1) is 18.2 Å². The lowest BCUT2D eigenvalue weighted by Gasteiger charge is -2.12. The van der Waals surface area contributed by atoms with Crippen LogP contribution in [0.2, 0.25) is 10.3 Å². The first-order chi connectivity index (χ1) is 8.56. The lowest BCUT2D eigenvalue weighted by Crippen LogP contribution is -2.20. The Morgan fingerprint density at radius 3 is 3.00 bits per heavy atom. The van der Waals surface area contributed by atoms with Gasteiger partial charge in [-0.1, -0.05) is 23.2 Å². The molecule has 2 heterocycles. The Hall–Kier alpha value is -0.840. The first-order valence-electron chi connectivity index (χ1n) is 5.80. The van der Waals surface area contributed by atoms with Gasteiger partial charge in [-0.3, -0.25) is 4.79 Å². The average molecular weight is 289 g/mol. The molecule has 1 amide bonds. The van der Waals surface area contributed by atoms with Crippen molar-refractivity contribution in [2.75, 3.05) is 11.9 Å². The Morgan fingerprint density at radius 2 is 2.39 bits per heavy atom. The molecule has 1 saturated heterocycles. The van der Waals surface area contributed by atoms with Gasteiger partial charge in [0.2, 0.25) is 5.91 Å².